The lowest BCUT2D eigenvalue weighted by molar-refractivity contribution is 0.0524. The third-order valence-corrected chi connectivity index (χ3v) is 4.62. The van der Waals surface area contributed by atoms with Crippen molar-refractivity contribution in [1.29, 1.82) is 0 Å². The standard InChI is InChI=1S/C22H31N5O5/c1-7-32-21(30)15-8-9-16(24-14(15)6)20(29)26(10-12(2)3)17-18(23)27(11-13(4)5)22(31)25-19(17)28/h8-9,12-13H,7,10-11,23H2,1-6H3,(H,25,28,31). The molecule has 0 atom stereocenters. The minimum atomic E-state index is -0.749. The van der Waals surface area contributed by atoms with Gasteiger partial charge >= 0.3 is 11.7 Å². The molecule has 0 aliphatic heterocycles. The number of rotatable bonds is 8. The lowest BCUT2D eigenvalue weighted by atomic mass is 10.1. The smallest absolute Gasteiger partial charge is 0.339 e. The number of hydrogen-bond acceptors (Lipinski definition) is 7. The van der Waals surface area contributed by atoms with Crippen molar-refractivity contribution in [2.45, 2.75) is 48.1 Å². The number of amides is 1. The van der Waals surface area contributed by atoms with Crippen molar-refractivity contribution < 1.29 is 14.3 Å². The quantitative estimate of drug-likeness (QED) is 0.592. The van der Waals surface area contributed by atoms with Gasteiger partial charge in [-0.05, 0) is 37.8 Å². The number of nitrogens with zero attached hydrogens (tertiary/aromatic N) is 3. The van der Waals surface area contributed by atoms with Gasteiger partial charge in [-0.1, -0.05) is 27.7 Å². The summed E-state index contributed by atoms with van der Waals surface area (Å²) in [6, 6.07) is 2.87. The van der Waals surface area contributed by atoms with Crippen LogP contribution in [0.15, 0.2) is 21.7 Å². The number of pyridine rings is 1. The van der Waals surface area contributed by atoms with E-state index >= 15 is 0 Å². The largest absolute Gasteiger partial charge is 0.462 e. The van der Waals surface area contributed by atoms with Crippen LogP contribution < -0.4 is 21.9 Å². The number of carbonyl (C=O) groups excluding carboxylic acids is 2. The van der Waals surface area contributed by atoms with E-state index in [0.717, 1.165) is 0 Å². The maximum Gasteiger partial charge on any atom is 0.339 e. The lowest BCUT2D eigenvalue weighted by Gasteiger charge is -2.26. The van der Waals surface area contributed by atoms with Crippen molar-refractivity contribution in [1.82, 2.24) is 14.5 Å². The molecule has 0 radical (unpaired) electrons. The highest BCUT2D eigenvalue weighted by Gasteiger charge is 2.27. The number of nitrogens with one attached hydrogen (secondary N) is 1. The minimum Gasteiger partial charge on any atom is -0.462 e. The van der Waals surface area contributed by atoms with E-state index in [1.54, 1.807) is 13.8 Å². The molecule has 0 aliphatic carbocycles. The van der Waals surface area contributed by atoms with Crippen LogP contribution in [0.25, 0.3) is 0 Å². The molecule has 0 unspecified atom stereocenters. The third-order valence-electron chi connectivity index (χ3n) is 4.62. The van der Waals surface area contributed by atoms with E-state index < -0.39 is 23.1 Å². The van der Waals surface area contributed by atoms with E-state index in [1.807, 2.05) is 27.7 Å². The minimum absolute atomic E-state index is 0.0110. The van der Waals surface area contributed by atoms with Gasteiger partial charge in [-0.25, -0.2) is 14.6 Å². The molecule has 10 nitrogen and oxygen atoms in total. The second kappa shape index (κ2) is 10.3. The summed E-state index contributed by atoms with van der Waals surface area (Å²) in [6.45, 7) is 11.6. The fraction of sp³-hybridized carbons (Fsp3) is 0.500. The number of aryl methyl sites for hydroxylation is 1. The van der Waals surface area contributed by atoms with Gasteiger partial charge in [0.25, 0.3) is 11.5 Å². The molecule has 0 aliphatic rings. The van der Waals surface area contributed by atoms with Crippen LogP contribution in [0.4, 0.5) is 11.5 Å². The Morgan fingerprint density at radius 3 is 2.38 bits per heavy atom. The van der Waals surface area contributed by atoms with Crippen molar-refractivity contribution in [2.24, 2.45) is 11.8 Å². The monoisotopic (exact) mass is 445 g/mol. The Bertz CT molecular complexity index is 1120. The van der Waals surface area contributed by atoms with Gasteiger partial charge in [-0.3, -0.25) is 24.0 Å². The Kier molecular flexibility index (Phi) is 7.96. The summed E-state index contributed by atoms with van der Waals surface area (Å²) >= 11 is 0. The third kappa shape index (κ3) is 5.43. The van der Waals surface area contributed by atoms with E-state index in [4.69, 9.17) is 10.5 Å². The van der Waals surface area contributed by atoms with Gasteiger partial charge in [0, 0.05) is 13.1 Å². The fourth-order valence-electron chi connectivity index (χ4n) is 3.27. The van der Waals surface area contributed by atoms with Crippen LogP contribution in [0.5, 0.6) is 0 Å². The van der Waals surface area contributed by atoms with Crippen LogP contribution in [-0.2, 0) is 11.3 Å². The first-order valence-corrected chi connectivity index (χ1v) is 10.6. The molecular weight excluding hydrogens is 414 g/mol. The maximum absolute atomic E-state index is 13.4. The van der Waals surface area contributed by atoms with Crippen molar-refractivity contribution in [2.75, 3.05) is 23.8 Å². The van der Waals surface area contributed by atoms with Gasteiger partial charge in [0.1, 0.15) is 11.5 Å². The van der Waals surface area contributed by atoms with Gasteiger partial charge in [-0.15, -0.1) is 0 Å². The van der Waals surface area contributed by atoms with Crippen LogP contribution in [0.2, 0.25) is 0 Å². The first-order valence-electron chi connectivity index (χ1n) is 10.6. The van der Waals surface area contributed by atoms with Crippen molar-refractivity contribution in [3.8, 4) is 0 Å². The van der Waals surface area contributed by atoms with Gasteiger partial charge in [0.2, 0.25) is 0 Å². The van der Waals surface area contributed by atoms with E-state index in [-0.39, 0.29) is 54.3 Å². The SMILES string of the molecule is CCOC(=O)c1ccc(C(=O)N(CC(C)C)c2c(N)n(CC(C)C)c(=O)[nH]c2=O)nc1C. The Hall–Kier alpha value is -3.43. The number of aromatic nitrogens is 3. The zero-order chi connectivity index (χ0) is 24.2. The van der Waals surface area contributed by atoms with E-state index in [1.165, 1.54) is 21.6 Å². The van der Waals surface area contributed by atoms with E-state index in [9.17, 15) is 19.2 Å². The van der Waals surface area contributed by atoms with Crippen LogP contribution in [-0.4, -0.2) is 39.6 Å². The number of nitrogen functional groups attached to an aromatic ring is 1. The van der Waals surface area contributed by atoms with Gasteiger partial charge in [-0.2, -0.15) is 0 Å². The molecule has 0 bridgehead atoms. The number of aromatic amines is 1. The molecule has 0 saturated heterocycles. The second-order valence-corrected chi connectivity index (χ2v) is 8.36. The number of esters is 1. The summed E-state index contributed by atoms with van der Waals surface area (Å²) in [5, 5.41) is 0. The number of carbonyl (C=O) groups is 2. The molecule has 0 spiro atoms. The van der Waals surface area contributed by atoms with Crippen LogP contribution in [0.1, 0.15) is 61.2 Å². The Balaban J connectivity index is 2.60. The molecule has 2 aromatic heterocycles. The van der Waals surface area contributed by atoms with Crippen molar-refractivity contribution >= 4 is 23.4 Å². The summed E-state index contributed by atoms with van der Waals surface area (Å²) in [6.07, 6.45) is 0. The molecule has 0 fully saturated rings. The molecule has 2 aromatic rings. The summed E-state index contributed by atoms with van der Waals surface area (Å²) in [5.74, 6) is -1.10. The average molecular weight is 446 g/mol. The summed E-state index contributed by atoms with van der Waals surface area (Å²) in [4.78, 5) is 58.2. The predicted octanol–water partition coefficient (Wildman–Crippen LogP) is 1.96. The number of anilines is 2. The first kappa shape index (κ1) is 24.8. The highest BCUT2D eigenvalue weighted by molar-refractivity contribution is 6.06. The normalized spacial score (nSPS) is 11.1. The number of H-pyrrole nitrogens is 1. The zero-order valence-electron chi connectivity index (χ0n) is 19.4. The highest BCUT2D eigenvalue weighted by atomic mass is 16.5. The molecule has 2 rings (SSSR count). The molecule has 10 heteroatoms. The average Bonchev–Trinajstić information content (AvgIpc) is 2.69. The Labute approximate surface area is 186 Å². The molecule has 174 valence electrons. The Morgan fingerprint density at radius 2 is 1.84 bits per heavy atom. The fourth-order valence-corrected chi connectivity index (χ4v) is 3.27. The van der Waals surface area contributed by atoms with Gasteiger partial charge in [0.15, 0.2) is 5.69 Å². The van der Waals surface area contributed by atoms with Crippen LogP contribution in [0.3, 0.4) is 0 Å². The van der Waals surface area contributed by atoms with Gasteiger partial charge < -0.3 is 10.5 Å². The molecule has 0 saturated carbocycles. The van der Waals surface area contributed by atoms with Gasteiger partial charge in [0.05, 0.1) is 17.9 Å². The Morgan fingerprint density at radius 1 is 1.19 bits per heavy atom. The molecular formula is C22H31N5O5. The summed E-state index contributed by atoms with van der Waals surface area (Å²) in [7, 11) is 0. The molecule has 32 heavy (non-hydrogen) atoms. The second-order valence-electron chi connectivity index (χ2n) is 8.36. The number of ether oxygens (including phenoxy) is 1. The van der Waals surface area contributed by atoms with Crippen LogP contribution in [0, 0.1) is 18.8 Å². The van der Waals surface area contributed by atoms with Crippen LogP contribution >= 0.6 is 0 Å². The molecule has 1 amide bonds. The van der Waals surface area contributed by atoms with E-state index in [0.29, 0.717) is 5.69 Å². The zero-order valence-corrected chi connectivity index (χ0v) is 19.4. The topological polar surface area (TPSA) is 140 Å². The molecule has 2 heterocycles. The summed E-state index contributed by atoms with van der Waals surface area (Å²) in [5.41, 5.74) is 5.36. The lowest BCUT2D eigenvalue weighted by Crippen LogP contribution is -2.43. The van der Waals surface area contributed by atoms with Crippen molar-refractivity contribution in [3.63, 3.8) is 0 Å². The van der Waals surface area contributed by atoms with Crippen molar-refractivity contribution in [3.05, 3.63) is 49.9 Å². The highest BCUT2D eigenvalue weighted by Crippen LogP contribution is 2.22. The molecule has 3 N–H and O–H groups in total. The number of hydrogen-bond donors (Lipinski definition) is 2. The number of nitrogens with two attached hydrogens (primary N) is 1. The molecule has 0 aromatic carbocycles. The predicted molar refractivity (Wildman–Crippen MR) is 122 cm³/mol. The first-order chi connectivity index (χ1) is 15.0. The summed E-state index contributed by atoms with van der Waals surface area (Å²) < 4.78 is 6.25. The maximum atomic E-state index is 13.4. The van der Waals surface area contributed by atoms with E-state index in [2.05, 4.69) is 9.97 Å².